The molecule has 0 spiro atoms. The number of carbonyl (C=O) groups excluding carboxylic acids is 3. The van der Waals surface area contributed by atoms with Gasteiger partial charge in [0.2, 0.25) is 9.70 Å². The molecule has 1 saturated heterocycles. The Labute approximate surface area is 351 Å². The van der Waals surface area contributed by atoms with Crippen molar-refractivity contribution >= 4 is 74.2 Å². The molecular formula is C43H46BrCl3FN3O5. The van der Waals surface area contributed by atoms with Crippen molar-refractivity contribution in [1.29, 1.82) is 0 Å². The van der Waals surface area contributed by atoms with Crippen molar-refractivity contribution in [1.82, 2.24) is 14.7 Å². The summed E-state index contributed by atoms with van der Waals surface area (Å²) in [5, 5.41) is 0. The Balaban J connectivity index is 1.36. The summed E-state index contributed by atoms with van der Waals surface area (Å²) in [5.41, 5.74) is 3.82. The largest absolute Gasteiger partial charge is 0.492 e. The fourth-order valence-corrected chi connectivity index (χ4v) is 7.87. The van der Waals surface area contributed by atoms with E-state index in [1.165, 1.54) is 32.9 Å². The molecular weight excluding hydrogens is 844 g/mol. The summed E-state index contributed by atoms with van der Waals surface area (Å²) in [5.74, 6) is -0.251. The van der Waals surface area contributed by atoms with Crippen LogP contribution in [0.5, 0.6) is 5.75 Å². The summed E-state index contributed by atoms with van der Waals surface area (Å²) >= 11 is 22.1. The third kappa shape index (κ3) is 9.58. The standard InChI is InChI=1S/C43H46BrCl3FN3O5/c1-5-9-29-11-6-7-12-31(29)24-50(33-18-19-33)40(53)39-35(30-15-13-28(14-16-30)10-8-21-55-38-22-32(48)17-20-36(38)44)23-34-25-49(27(2)52)26-37(39)51(34)41(54)56-42(3,4)43(45,46)47/h5-7,11-17,20,22,33-34,37H,1,8-10,18-19,21,23-26H2,2-4H3. The van der Waals surface area contributed by atoms with Crippen molar-refractivity contribution in [2.45, 2.75) is 93.4 Å². The van der Waals surface area contributed by atoms with Crippen LogP contribution in [0.25, 0.3) is 5.57 Å². The number of ether oxygens (including phenoxy) is 2. The van der Waals surface area contributed by atoms with Crippen molar-refractivity contribution in [3.05, 3.63) is 118 Å². The van der Waals surface area contributed by atoms with Crippen molar-refractivity contribution in [2.24, 2.45) is 0 Å². The van der Waals surface area contributed by atoms with Gasteiger partial charge in [0.25, 0.3) is 5.91 Å². The van der Waals surface area contributed by atoms with E-state index in [0.29, 0.717) is 48.2 Å². The van der Waals surface area contributed by atoms with E-state index in [4.69, 9.17) is 44.3 Å². The number of fused-ring (bicyclic) bond motifs is 2. The lowest BCUT2D eigenvalue weighted by molar-refractivity contribution is -0.136. The Hall–Kier alpha value is -3.57. The predicted octanol–water partition coefficient (Wildman–Crippen LogP) is 9.86. The van der Waals surface area contributed by atoms with Crippen LogP contribution in [0.3, 0.4) is 0 Å². The Morgan fingerprint density at radius 1 is 1.02 bits per heavy atom. The zero-order valence-corrected chi connectivity index (χ0v) is 35.6. The summed E-state index contributed by atoms with van der Waals surface area (Å²) in [6.07, 6.45) is 5.23. The number of alkyl halides is 3. The van der Waals surface area contributed by atoms with E-state index < -0.39 is 27.6 Å². The summed E-state index contributed by atoms with van der Waals surface area (Å²) < 4.78 is 24.2. The minimum absolute atomic E-state index is 0.0274. The number of halogens is 5. The zero-order chi connectivity index (χ0) is 40.4. The Kier molecular flexibility index (Phi) is 13.1. The van der Waals surface area contributed by atoms with E-state index in [2.05, 4.69) is 22.5 Å². The number of aryl methyl sites for hydroxylation is 1. The Morgan fingerprint density at radius 2 is 1.71 bits per heavy atom. The van der Waals surface area contributed by atoms with Crippen molar-refractivity contribution in [2.75, 3.05) is 19.7 Å². The first kappa shape index (κ1) is 42.0. The predicted molar refractivity (Wildman–Crippen MR) is 222 cm³/mol. The highest BCUT2D eigenvalue weighted by molar-refractivity contribution is 9.10. The van der Waals surface area contributed by atoms with Gasteiger partial charge in [-0.2, -0.15) is 0 Å². The summed E-state index contributed by atoms with van der Waals surface area (Å²) in [7, 11) is 0. The van der Waals surface area contributed by atoms with Gasteiger partial charge in [0.1, 0.15) is 11.6 Å². The number of hydrogen-bond acceptors (Lipinski definition) is 5. The second-order valence-corrected chi connectivity index (χ2v) is 18.3. The first-order valence-electron chi connectivity index (χ1n) is 18.8. The molecule has 3 aliphatic rings. The van der Waals surface area contributed by atoms with Gasteiger partial charge in [-0.25, -0.2) is 9.18 Å². The van der Waals surface area contributed by atoms with E-state index in [9.17, 15) is 14.0 Å². The molecule has 3 aromatic carbocycles. The Bertz CT molecular complexity index is 2000. The summed E-state index contributed by atoms with van der Waals surface area (Å²) in [6.45, 7) is 9.61. The topological polar surface area (TPSA) is 79.4 Å². The van der Waals surface area contributed by atoms with Crippen LogP contribution in [-0.4, -0.2) is 79.8 Å². The molecule has 0 N–H and O–H groups in total. The first-order valence-corrected chi connectivity index (χ1v) is 20.7. The average Bonchev–Trinajstić information content (AvgIpc) is 3.99. The fourth-order valence-electron chi connectivity index (χ4n) is 7.39. The van der Waals surface area contributed by atoms with Crippen molar-refractivity contribution < 1.29 is 28.2 Å². The number of allylic oxidation sites excluding steroid dienone is 1. The summed E-state index contributed by atoms with van der Waals surface area (Å²) in [4.78, 5) is 47.6. The van der Waals surface area contributed by atoms with Gasteiger partial charge in [-0.05, 0) is 108 Å². The van der Waals surface area contributed by atoms with Gasteiger partial charge < -0.3 is 19.3 Å². The molecule has 0 radical (unpaired) electrons. The van der Waals surface area contributed by atoms with Crippen LogP contribution in [-0.2, 0) is 33.7 Å². The molecule has 13 heteroatoms. The highest BCUT2D eigenvalue weighted by atomic mass is 79.9. The number of hydrogen-bond donors (Lipinski definition) is 0. The number of amides is 3. The highest BCUT2D eigenvalue weighted by Crippen LogP contribution is 2.44. The van der Waals surface area contributed by atoms with E-state index in [-0.39, 0.29) is 36.8 Å². The van der Waals surface area contributed by atoms with Crippen LogP contribution in [0.1, 0.15) is 68.7 Å². The average molecular weight is 890 g/mol. The molecule has 8 nitrogen and oxygen atoms in total. The van der Waals surface area contributed by atoms with Gasteiger partial charge in [-0.1, -0.05) is 89.4 Å². The molecule has 6 rings (SSSR count). The van der Waals surface area contributed by atoms with Crippen LogP contribution >= 0.6 is 50.7 Å². The van der Waals surface area contributed by atoms with E-state index in [1.54, 1.807) is 15.9 Å². The molecule has 3 aromatic rings. The smallest absolute Gasteiger partial charge is 0.411 e. The molecule has 3 amide bonds. The van der Waals surface area contributed by atoms with Gasteiger partial charge in [0, 0.05) is 44.2 Å². The van der Waals surface area contributed by atoms with Crippen LogP contribution in [0, 0.1) is 5.82 Å². The highest BCUT2D eigenvalue weighted by Gasteiger charge is 2.52. The van der Waals surface area contributed by atoms with E-state index in [0.717, 1.165) is 47.1 Å². The minimum atomic E-state index is -1.93. The normalized spacial score (nSPS) is 18.4. The fraction of sp³-hybridized carbons (Fsp3) is 0.419. The van der Waals surface area contributed by atoms with Crippen molar-refractivity contribution in [3.63, 3.8) is 0 Å². The van der Waals surface area contributed by atoms with Gasteiger partial charge in [-0.3, -0.25) is 14.5 Å². The second kappa shape index (κ2) is 17.5. The lowest BCUT2D eigenvalue weighted by Crippen LogP contribution is -2.66. The SMILES string of the molecule is C=CCc1ccccc1CN(C(=O)C1=C(c2ccc(CCCOc3cc(F)ccc3Br)cc2)CC2CN(C(C)=O)CC1N2C(=O)OC(C)(C)C(Cl)(Cl)Cl)C1CC1. The van der Waals surface area contributed by atoms with Crippen LogP contribution < -0.4 is 4.74 Å². The van der Waals surface area contributed by atoms with Gasteiger partial charge >= 0.3 is 6.09 Å². The van der Waals surface area contributed by atoms with Gasteiger partial charge in [-0.15, -0.1) is 6.58 Å². The maximum atomic E-state index is 15.3. The zero-order valence-electron chi connectivity index (χ0n) is 31.7. The quantitative estimate of drug-likeness (QED) is 0.0971. The molecule has 2 unspecified atom stereocenters. The molecule has 1 aliphatic carbocycles. The molecule has 1 saturated carbocycles. The third-order valence-electron chi connectivity index (χ3n) is 10.7. The number of benzene rings is 3. The first-order chi connectivity index (χ1) is 26.6. The summed E-state index contributed by atoms with van der Waals surface area (Å²) in [6, 6.07) is 19.2. The van der Waals surface area contributed by atoms with Gasteiger partial charge in [0.05, 0.1) is 23.2 Å². The number of nitrogens with zero attached hydrogens (tertiary/aromatic N) is 3. The number of piperazine rings is 1. The van der Waals surface area contributed by atoms with E-state index in [1.807, 2.05) is 59.5 Å². The van der Waals surface area contributed by atoms with Crippen LogP contribution in [0.4, 0.5) is 9.18 Å². The lowest BCUT2D eigenvalue weighted by atomic mass is 9.81. The maximum Gasteiger partial charge on any atom is 0.411 e. The number of rotatable bonds is 13. The molecule has 56 heavy (non-hydrogen) atoms. The molecule has 2 bridgehead atoms. The van der Waals surface area contributed by atoms with Crippen LogP contribution in [0.15, 0.2) is 89.4 Å². The molecule has 298 valence electrons. The molecule has 2 heterocycles. The lowest BCUT2D eigenvalue weighted by Gasteiger charge is -2.51. The second-order valence-electron chi connectivity index (χ2n) is 15.1. The Morgan fingerprint density at radius 3 is 2.36 bits per heavy atom. The minimum Gasteiger partial charge on any atom is -0.492 e. The monoisotopic (exact) mass is 887 g/mol. The molecule has 2 atom stereocenters. The molecule has 2 fully saturated rings. The van der Waals surface area contributed by atoms with Crippen molar-refractivity contribution in [3.8, 4) is 5.75 Å². The van der Waals surface area contributed by atoms with E-state index >= 15 is 4.79 Å². The van der Waals surface area contributed by atoms with Gasteiger partial charge in [0.15, 0.2) is 5.60 Å². The van der Waals surface area contributed by atoms with Crippen LogP contribution in [0.2, 0.25) is 0 Å². The maximum absolute atomic E-state index is 15.3. The third-order valence-corrected chi connectivity index (χ3v) is 12.7. The number of carbonyl (C=O) groups is 3. The molecule has 2 aliphatic heterocycles. The molecule has 0 aromatic heterocycles.